The maximum atomic E-state index is 14.2. The number of hydrogen-bond acceptors (Lipinski definition) is 7. The molecule has 1 aliphatic heterocycles. The number of piperazine rings is 1. The minimum Gasteiger partial charge on any atom is -0.493 e. The maximum Gasteiger partial charge on any atom is 0.275 e. The number of rotatable bonds is 10. The van der Waals surface area contributed by atoms with Gasteiger partial charge in [-0.1, -0.05) is 55.3 Å². The van der Waals surface area contributed by atoms with E-state index >= 15 is 0 Å². The Morgan fingerprint density at radius 2 is 1.88 bits per heavy atom. The first kappa shape index (κ1) is 28.1. The highest BCUT2D eigenvalue weighted by molar-refractivity contribution is 5.98. The molecule has 1 aliphatic carbocycles. The van der Waals surface area contributed by atoms with Crippen molar-refractivity contribution in [3.05, 3.63) is 66.6 Å². The fourth-order valence-electron chi connectivity index (χ4n) is 6.12. The molecule has 3 aromatic rings. The summed E-state index contributed by atoms with van der Waals surface area (Å²) in [6.07, 6.45) is 5.77. The molecule has 1 aromatic heterocycles. The van der Waals surface area contributed by atoms with E-state index in [0.717, 1.165) is 30.5 Å². The third kappa shape index (κ3) is 5.87. The Labute approximate surface area is 236 Å². The standard InChI is InChI=1S/C31H40N4O5/c1-38-21-31(37)16-9-8-14-27(31)35-22-33-28(29(35)23-10-4-3-5-11-23)30(36)34-18-17-32-20-24(34)15-19-40-26-13-7-6-12-25(26)39-2/h3-7,10-13,22,24,27,32,37H,8-9,14-21H2,1-2H3/t24-,27-,31-/m1/s1. The number of benzene rings is 2. The molecule has 1 amide bonds. The molecule has 0 bridgehead atoms. The van der Waals surface area contributed by atoms with Gasteiger partial charge >= 0.3 is 0 Å². The highest BCUT2D eigenvalue weighted by atomic mass is 16.5. The van der Waals surface area contributed by atoms with Gasteiger partial charge in [-0.2, -0.15) is 0 Å². The number of aliphatic hydroxyl groups is 1. The summed E-state index contributed by atoms with van der Waals surface area (Å²) in [5, 5.41) is 15.0. The zero-order valence-corrected chi connectivity index (χ0v) is 23.4. The van der Waals surface area contributed by atoms with Gasteiger partial charge < -0.3 is 34.1 Å². The van der Waals surface area contributed by atoms with Crippen molar-refractivity contribution in [2.75, 3.05) is 47.1 Å². The quantitative estimate of drug-likeness (QED) is 0.396. The predicted octanol–water partition coefficient (Wildman–Crippen LogP) is 3.93. The van der Waals surface area contributed by atoms with E-state index in [2.05, 4.69) is 5.32 Å². The zero-order chi connectivity index (χ0) is 28.0. The van der Waals surface area contributed by atoms with Gasteiger partial charge in [-0.3, -0.25) is 4.79 Å². The Morgan fingerprint density at radius 1 is 1.10 bits per heavy atom. The first-order chi connectivity index (χ1) is 19.6. The predicted molar refractivity (Wildman–Crippen MR) is 153 cm³/mol. The minimum atomic E-state index is -1.02. The van der Waals surface area contributed by atoms with Crippen LogP contribution in [0.25, 0.3) is 11.3 Å². The molecule has 2 fully saturated rings. The molecule has 1 saturated carbocycles. The summed E-state index contributed by atoms with van der Waals surface area (Å²) in [5.41, 5.74) is 1.04. The summed E-state index contributed by atoms with van der Waals surface area (Å²) < 4.78 is 18.9. The lowest BCUT2D eigenvalue weighted by Crippen LogP contribution is -2.54. The smallest absolute Gasteiger partial charge is 0.275 e. The number of para-hydroxylation sites is 2. The van der Waals surface area contributed by atoms with Crippen LogP contribution in [0.5, 0.6) is 11.5 Å². The third-order valence-electron chi connectivity index (χ3n) is 8.12. The lowest BCUT2D eigenvalue weighted by Gasteiger charge is -2.41. The fraction of sp³-hybridized carbons (Fsp3) is 0.484. The van der Waals surface area contributed by atoms with Gasteiger partial charge in [-0.25, -0.2) is 4.98 Å². The molecule has 0 unspecified atom stereocenters. The molecular weight excluding hydrogens is 508 g/mol. The van der Waals surface area contributed by atoms with E-state index < -0.39 is 5.60 Å². The molecule has 5 rings (SSSR count). The number of imidazole rings is 1. The van der Waals surface area contributed by atoms with Crippen molar-refractivity contribution < 1.29 is 24.1 Å². The number of nitrogens with zero attached hydrogens (tertiary/aromatic N) is 3. The normalized spacial score (nSPS) is 23.1. The number of ether oxygens (including phenoxy) is 3. The van der Waals surface area contributed by atoms with Crippen LogP contribution in [0.15, 0.2) is 60.9 Å². The molecule has 2 N–H and O–H groups in total. The fourth-order valence-corrected chi connectivity index (χ4v) is 6.12. The summed E-state index contributed by atoms with van der Waals surface area (Å²) in [6, 6.07) is 17.2. The van der Waals surface area contributed by atoms with E-state index in [0.29, 0.717) is 56.3 Å². The second-order valence-electron chi connectivity index (χ2n) is 10.7. The highest BCUT2D eigenvalue weighted by Gasteiger charge is 2.42. The van der Waals surface area contributed by atoms with Gasteiger partial charge in [0.1, 0.15) is 5.60 Å². The SMILES string of the molecule is COC[C@]1(O)CCCC[C@H]1n1cnc(C(=O)N2CCNC[C@H]2CCOc2ccccc2OC)c1-c1ccccc1. The Morgan fingerprint density at radius 3 is 2.65 bits per heavy atom. The Kier molecular flexibility index (Phi) is 9.04. The van der Waals surface area contributed by atoms with Crippen LogP contribution >= 0.6 is 0 Å². The number of methoxy groups -OCH3 is 2. The van der Waals surface area contributed by atoms with E-state index in [1.165, 1.54) is 0 Å². The second kappa shape index (κ2) is 12.8. The van der Waals surface area contributed by atoms with Crippen LogP contribution < -0.4 is 14.8 Å². The van der Waals surface area contributed by atoms with Gasteiger partial charge in [0.05, 0.1) is 38.4 Å². The molecule has 2 heterocycles. The summed E-state index contributed by atoms with van der Waals surface area (Å²) >= 11 is 0. The molecule has 1 saturated heterocycles. The van der Waals surface area contributed by atoms with Crippen molar-refractivity contribution in [2.45, 2.75) is 49.8 Å². The van der Waals surface area contributed by atoms with Crippen molar-refractivity contribution >= 4 is 5.91 Å². The Balaban J connectivity index is 1.42. The van der Waals surface area contributed by atoms with Crippen molar-refractivity contribution in [2.24, 2.45) is 0 Å². The molecule has 9 heteroatoms. The van der Waals surface area contributed by atoms with Gasteiger partial charge in [0, 0.05) is 44.8 Å². The van der Waals surface area contributed by atoms with Gasteiger partial charge in [0.25, 0.3) is 5.91 Å². The molecule has 40 heavy (non-hydrogen) atoms. The van der Waals surface area contributed by atoms with Crippen LogP contribution in [0.3, 0.4) is 0 Å². The Bertz CT molecular complexity index is 1260. The first-order valence-electron chi connectivity index (χ1n) is 14.2. The summed E-state index contributed by atoms with van der Waals surface area (Å²) in [6.45, 7) is 2.66. The topological polar surface area (TPSA) is 98.1 Å². The van der Waals surface area contributed by atoms with Crippen LogP contribution in [0.1, 0.15) is 48.6 Å². The van der Waals surface area contributed by atoms with E-state index in [4.69, 9.17) is 19.2 Å². The van der Waals surface area contributed by atoms with Crippen molar-refractivity contribution in [1.29, 1.82) is 0 Å². The van der Waals surface area contributed by atoms with Gasteiger partial charge in [0.2, 0.25) is 0 Å². The van der Waals surface area contributed by atoms with Gasteiger partial charge in [-0.15, -0.1) is 0 Å². The van der Waals surface area contributed by atoms with E-state index in [-0.39, 0.29) is 24.6 Å². The first-order valence-corrected chi connectivity index (χ1v) is 14.2. The zero-order valence-electron chi connectivity index (χ0n) is 23.4. The van der Waals surface area contributed by atoms with E-state index in [1.54, 1.807) is 20.5 Å². The average molecular weight is 549 g/mol. The summed E-state index contributed by atoms with van der Waals surface area (Å²) in [4.78, 5) is 20.8. The molecule has 214 valence electrons. The maximum absolute atomic E-state index is 14.2. The van der Waals surface area contributed by atoms with Crippen LogP contribution in [0.2, 0.25) is 0 Å². The van der Waals surface area contributed by atoms with Gasteiger partial charge in [0.15, 0.2) is 17.2 Å². The second-order valence-corrected chi connectivity index (χ2v) is 10.7. The van der Waals surface area contributed by atoms with E-state index in [9.17, 15) is 9.90 Å². The minimum absolute atomic E-state index is 0.0511. The molecule has 0 spiro atoms. The molecule has 9 nitrogen and oxygen atoms in total. The highest BCUT2D eigenvalue weighted by Crippen LogP contribution is 2.41. The summed E-state index contributed by atoms with van der Waals surface area (Å²) in [5.74, 6) is 1.27. The third-order valence-corrected chi connectivity index (χ3v) is 8.12. The molecule has 0 radical (unpaired) electrons. The van der Waals surface area contributed by atoms with Crippen LogP contribution in [-0.4, -0.2) is 84.2 Å². The largest absolute Gasteiger partial charge is 0.493 e. The number of aromatic nitrogens is 2. The molecule has 3 atom stereocenters. The average Bonchev–Trinajstić information content (AvgIpc) is 3.43. The van der Waals surface area contributed by atoms with Crippen LogP contribution in [-0.2, 0) is 4.74 Å². The van der Waals surface area contributed by atoms with Gasteiger partial charge in [-0.05, 0) is 25.0 Å². The molecular formula is C31H40N4O5. The molecule has 2 aliphatic rings. The van der Waals surface area contributed by atoms with E-state index in [1.807, 2.05) is 64.1 Å². The van der Waals surface area contributed by atoms with Crippen LogP contribution in [0.4, 0.5) is 0 Å². The lowest BCUT2D eigenvalue weighted by molar-refractivity contribution is -0.0893. The molecule has 2 aromatic carbocycles. The number of carbonyl (C=O) groups excluding carboxylic acids is 1. The number of hydrogen-bond donors (Lipinski definition) is 2. The van der Waals surface area contributed by atoms with Crippen molar-refractivity contribution in [3.8, 4) is 22.8 Å². The lowest BCUT2D eigenvalue weighted by atomic mass is 9.80. The number of nitrogens with one attached hydrogen (secondary N) is 1. The van der Waals surface area contributed by atoms with Crippen molar-refractivity contribution in [1.82, 2.24) is 19.8 Å². The van der Waals surface area contributed by atoms with Crippen LogP contribution in [0, 0.1) is 0 Å². The number of amides is 1. The monoisotopic (exact) mass is 548 g/mol. The van der Waals surface area contributed by atoms with Crippen molar-refractivity contribution in [3.63, 3.8) is 0 Å². The Hall–Kier alpha value is -3.40. The summed E-state index contributed by atoms with van der Waals surface area (Å²) in [7, 11) is 3.24. The number of carbonyl (C=O) groups is 1.